The van der Waals surface area contributed by atoms with E-state index >= 15 is 0 Å². The molecule has 1 aromatic rings. The Labute approximate surface area is 101 Å². The molecule has 4 heteroatoms. The van der Waals surface area contributed by atoms with Crippen molar-refractivity contribution in [3.05, 3.63) is 21.3 Å². The molecule has 0 aliphatic carbocycles. The van der Waals surface area contributed by atoms with Gasteiger partial charge in [0.15, 0.2) is 0 Å². The molecule has 0 aromatic carbocycles. The van der Waals surface area contributed by atoms with Gasteiger partial charge in [-0.2, -0.15) is 0 Å². The second kappa shape index (κ2) is 5.30. The average molecular weight is 248 g/mol. The van der Waals surface area contributed by atoms with E-state index in [-0.39, 0.29) is 5.60 Å². The molecule has 1 heterocycles. The van der Waals surface area contributed by atoms with Crippen molar-refractivity contribution in [3.8, 4) is 0 Å². The van der Waals surface area contributed by atoms with Gasteiger partial charge in [0.05, 0.1) is 9.94 Å². The van der Waals surface area contributed by atoms with E-state index in [1.165, 1.54) is 4.88 Å². The van der Waals surface area contributed by atoms with Crippen molar-refractivity contribution < 1.29 is 4.74 Å². The molecule has 2 nitrogen and oxygen atoms in total. The van der Waals surface area contributed by atoms with Crippen molar-refractivity contribution in [1.82, 2.24) is 5.32 Å². The van der Waals surface area contributed by atoms with Crippen molar-refractivity contribution in [2.24, 2.45) is 0 Å². The van der Waals surface area contributed by atoms with Gasteiger partial charge < -0.3 is 10.1 Å². The summed E-state index contributed by atoms with van der Waals surface area (Å²) in [6, 6.07) is 4.31. The maximum atomic E-state index is 5.93. The molecule has 0 bridgehead atoms. The fourth-order valence-electron chi connectivity index (χ4n) is 1.44. The Hall–Kier alpha value is -0.0900. The van der Waals surface area contributed by atoms with E-state index in [9.17, 15) is 0 Å². The van der Waals surface area contributed by atoms with Gasteiger partial charge in [0.25, 0.3) is 0 Å². The van der Waals surface area contributed by atoms with Crippen molar-refractivity contribution in [2.75, 3.05) is 14.2 Å². The van der Waals surface area contributed by atoms with Gasteiger partial charge in [-0.1, -0.05) is 11.6 Å². The predicted octanol–water partition coefficient (Wildman–Crippen LogP) is 3.48. The van der Waals surface area contributed by atoms with Crippen LogP contribution in [0.15, 0.2) is 12.1 Å². The zero-order valence-corrected chi connectivity index (χ0v) is 11.2. The van der Waals surface area contributed by atoms with Crippen molar-refractivity contribution in [1.29, 1.82) is 0 Å². The first-order valence-electron chi connectivity index (χ1n) is 4.96. The molecule has 0 spiro atoms. The SMILES string of the molecule is CNC(CC(C)(C)OC)c1ccc(Cl)s1. The number of nitrogens with one attached hydrogen (secondary N) is 1. The summed E-state index contributed by atoms with van der Waals surface area (Å²) in [7, 11) is 3.71. The molecule has 0 aliphatic heterocycles. The van der Waals surface area contributed by atoms with E-state index in [4.69, 9.17) is 16.3 Å². The predicted molar refractivity (Wildman–Crippen MR) is 66.8 cm³/mol. The van der Waals surface area contributed by atoms with Crippen LogP contribution in [0.25, 0.3) is 0 Å². The Balaban J connectivity index is 2.72. The Kier molecular flexibility index (Phi) is 4.59. The van der Waals surface area contributed by atoms with Crippen LogP contribution in [-0.2, 0) is 4.74 Å². The van der Waals surface area contributed by atoms with E-state index in [2.05, 4.69) is 25.2 Å². The lowest BCUT2D eigenvalue weighted by Gasteiger charge is -2.27. The van der Waals surface area contributed by atoms with Gasteiger partial charge in [-0.15, -0.1) is 11.3 Å². The quantitative estimate of drug-likeness (QED) is 0.860. The number of hydrogen-bond acceptors (Lipinski definition) is 3. The summed E-state index contributed by atoms with van der Waals surface area (Å²) in [6.45, 7) is 4.18. The van der Waals surface area contributed by atoms with Crippen LogP contribution in [0.3, 0.4) is 0 Å². The molecule has 0 aliphatic rings. The van der Waals surface area contributed by atoms with E-state index in [0.29, 0.717) is 6.04 Å². The van der Waals surface area contributed by atoms with Crippen molar-refractivity contribution in [3.63, 3.8) is 0 Å². The fraction of sp³-hybridized carbons (Fsp3) is 0.636. The molecule has 0 saturated carbocycles. The molecule has 86 valence electrons. The zero-order valence-electron chi connectivity index (χ0n) is 9.63. The van der Waals surface area contributed by atoms with E-state index in [1.807, 2.05) is 13.1 Å². The highest BCUT2D eigenvalue weighted by molar-refractivity contribution is 7.16. The van der Waals surface area contributed by atoms with Crippen LogP contribution in [0.1, 0.15) is 31.2 Å². The Morgan fingerprint density at radius 2 is 2.20 bits per heavy atom. The number of hydrogen-bond donors (Lipinski definition) is 1. The third kappa shape index (κ3) is 3.76. The van der Waals surface area contributed by atoms with Gasteiger partial charge in [0.1, 0.15) is 0 Å². The van der Waals surface area contributed by atoms with Crippen LogP contribution in [0.5, 0.6) is 0 Å². The Morgan fingerprint density at radius 1 is 1.53 bits per heavy atom. The third-order valence-electron chi connectivity index (χ3n) is 2.53. The minimum absolute atomic E-state index is 0.121. The first kappa shape index (κ1) is 13.0. The van der Waals surface area contributed by atoms with Gasteiger partial charge in [-0.05, 0) is 39.4 Å². The van der Waals surface area contributed by atoms with Crippen molar-refractivity contribution in [2.45, 2.75) is 31.9 Å². The summed E-state index contributed by atoms with van der Waals surface area (Å²) in [5.74, 6) is 0. The summed E-state index contributed by atoms with van der Waals surface area (Å²) >= 11 is 7.55. The molecular weight excluding hydrogens is 230 g/mol. The Morgan fingerprint density at radius 3 is 2.60 bits per heavy atom. The molecule has 15 heavy (non-hydrogen) atoms. The lowest BCUT2D eigenvalue weighted by atomic mass is 9.98. The average Bonchev–Trinajstić information content (AvgIpc) is 2.61. The van der Waals surface area contributed by atoms with E-state index in [0.717, 1.165) is 10.8 Å². The lowest BCUT2D eigenvalue weighted by molar-refractivity contribution is 0.00773. The summed E-state index contributed by atoms with van der Waals surface area (Å²) in [6.07, 6.45) is 0.927. The minimum atomic E-state index is -0.121. The van der Waals surface area contributed by atoms with Crippen LogP contribution >= 0.6 is 22.9 Å². The first-order chi connectivity index (χ1) is 6.98. The fourth-order valence-corrected chi connectivity index (χ4v) is 2.61. The number of halogens is 1. The number of ether oxygens (including phenoxy) is 1. The summed E-state index contributed by atoms with van der Waals surface area (Å²) in [5, 5.41) is 3.29. The molecule has 0 fully saturated rings. The van der Waals surface area contributed by atoms with Gasteiger partial charge in [0, 0.05) is 18.0 Å². The summed E-state index contributed by atoms with van der Waals surface area (Å²) in [4.78, 5) is 1.26. The van der Waals surface area contributed by atoms with Gasteiger partial charge >= 0.3 is 0 Å². The highest BCUT2D eigenvalue weighted by atomic mass is 35.5. The van der Waals surface area contributed by atoms with Gasteiger partial charge in [-0.25, -0.2) is 0 Å². The number of thiophene rings is 1. The molecule has 1 unspecified atom stereocenters. The molecular formula is C11H18ClNOS. The topological polar surface area (TPSA) is 21.3 Å². The molecule has 0 radical (unpaired) electrons. The van der Waals surface area contributed by atoms with Crippen molar-refractivity contribution >= 4 is 22.9 Å². The summed E-state index contributed by atoms with van der Waals surface area (Å²) in [5.41, 5.74) is -0.121. The van der Waals surface area contributed by atoms with Gasteiger partial charge in [-0.3, -0.25) is 0 Å². The van der Waals surface area contributed by atoms with E-state index < -0.39 is 0 Å². The van der Waals surface area contributed by atoms with Crippen LogP contribution in [0.2, 0.25) is 4.34 Å². The molecule has 1 rings (SSSR count). The minimum Gasteiger partial charge on any atom is -0.379 e. The number of methoxy groups -OCH3 is 1. The normalized spacial score (nSPS) is 14.2. The molecule has 1 atom stereocenters. The van der Waals surface area contributed by atoms with Crippen LogP contribution in [-0.4, -0.2) is 19.8 Å². The largest absolute Gasteiger partial charge is 0.379 e. The molecule has 0 saturated heterocycles. The zero-order chi connectivity index (χ0) is 11.5. The molecule has 1 aromatic heterocycles. The highest BCUT2D eigenvalue weighted by Gasteiger charge is 2.23. The van der Waals surface area contributed by atoms with Crippen LogP contribution < -0.4 is 5.32 Å². The maximum Gasteiger partial charge on any atom is 0.0931 e. The molecule has 0 amide bonds. The lowest BCUT2D eigenvalue weighted by Crippen LogP contribution is -2.30. The van der Waals surface area contributed by atoms with Gasteiger partial charge in [0.2, 0.25) is 0 Å². The third-order valence-corrected chi connectivity index (χ3v) is 3.88. The first-order valence-corrected chi connectivity index (χ1v) is 6.15. The van der Waals surface area contributed by atoms with Crippen LogP contribution in [0, 0.1) is 0 Å². The smallest absolute Gasteiger partial charge is 0.0931 e. The standard InChI is InChI=1S/C11H18ClNOS/c1-11(2,14-4)7-8(13-3)9-5-6-10(12)15-9/h5-6,8,13H,7H2,1-4H3. The maximum absolute atomic E-state index is 5.93. The number of rotatable bonds is 5. The second-order valence-corrected chi connectivity index (χ2v) is 5.90. The highest BCUT2D eigenvalue weighted by Crippen LogP contribution is 2.32. The Bertz CT molecular complexity index is 311. The monoisotopic (exact) mass is 247 g/mol. The molecule has 1 N–H and O–H groups in total. The summed E-state index contributed by atoms with van der Waals surface area (Å²) < 4.78 is 6.26. The second-order valence-electron chi connectivity index (χ2n) is 4.15. The van der Waals surface area contributed by atoms with E-state index in [1.54, 1.807) is 18.4 Å². The van der Waals surface area contributed by atoms with Crippen LogP contribution in [0.4, 0.5) is 0 Å².